The van der Waals surface area contributed by atoms with Crippen molar-refractivity contribution in [1.82, 2.24) is 5.32 Å². The monoisotopic (exact) mass is 237 g/mol. The van der Waals surface area contributed by atoms with Crippen molar-refractivity contribution in [2.75, 3.05) is 6.54 Å². The Bertz CT molecular complexity index is 334. The molecule has 2 nitrogen and oxygen atoms in total. The van der Waals surface area contributed by atoms with Crippen molar-refractivity contribution in [3.63, 3.8) is 0 Å². The van der Waals surface area contributed by atoms with Gasteiger partial charge in [-0.3, -0.25) is 4.79 Å². The van der Waals surface area contributed by atoms with Gasteiger partial charge in [0.15, 0.2) is 0 Å². The minimum absolute atomic E-state index is 0.0331. The highest BCUT2D eigenvalue weighted by Gasteiger charge is 2.12. The van der Waals surface area contributed by atoms with E-state index in [2.05, 4.69) is 43.4 Å². The summed E-state index contributed by atoms with van der Waals surface area (Å²) in [6, 6.07) is 8.26. The quantitative estimate of drug-likeness (QED) is 0.798. The molecule has 1 aromatic rings. The van der Waals surface area contributed by atoms with Crippen LogP contribution in [0.2, 0.25) is 0 Å². The molecule has 1 aromatic carbocycles. The number of rotatable bonds is 5. The van der Waals surface area contributed by atoms with Crippen LogP contribution in [0.25, 0.3) is 0 Å². The molecule has 1 N–H and O–H groups in total. The predicted molar refractivity (Wildman–Crippen MR) is 69.8 cm³/mol. The molecule has 0 aromatic heterocycles. The molecule has 0 radical (unpaired) electrons. The number of aryl methyl sites for hydroxylation is 1. The molecule has 3 heteroatoms. The summed E-state index contributed by atoms with van der Waals surface area (Å²) in [6.45, 7) is 6.82. The molecule has 0 aliphatic rings. The van der Waals surface area contributed by atoms with Crippen LogP contribution in [0.3, 0.4) is 0 Å². The third kappa shape index (κ3) is 4.27. The normalized spacial score (nSPS) is 12.2. The van der Waals surface area contributed by atoms with Gasteiger partial charge in [-0.1, -0.05) is 24.6 Å². The van der Waals surface area contributed by atoms with Crippen LogP contribution in [0.15, 0.2) is 29.2 Å². The van der Waals surface area contributed by atoms with E-state index >= 15 is 0 Å². The smallest absolute Gasteiger partial charge is 0.233 e. The molecular formula is C13H19NOS. The van der Waals surface area contributed by atoms with Gasteiger partial charge < -0.3 is 5.32 Å². The number of hydrogen-bond donors (Lipinski definition) is 1. The summed E-state index contributed by atoms with van der Waals surface area (Å²) in [7, 11) is 0. The number of thioether (sulfide) groups is 1. The van der Waals surface area contributed by atoms with Crippen LogP contribution in [-0.4, -0.2) is 17.7 Å². The summed E-state index contributed by atoms with van der Waals surface area (Å²) in [6.07, 6.45) is 0.980. The second-order valence-electron chi connectivity index (χ2n) is 3.86. The van der Waals surface area contributed by atoms with Gasteiger partial charge in [0.1, 0.15) is 0 Å². The van der Waals surface area contributed by atoms with Crippen LogP contribution < -0.4 is 5.32 Å². The lowest BCUT2D eigenvalue weighted by molar-refractivity contribution is -0.120. The zero-order valence-corrected chi connectivity index (χ0v) is 10.9. The van der Waals surface area contributed by atoms with E-state index in [9.17, 15) is 4.79 Å². The van der Waals surface area contributed by atoms with Crippen molar-refractivity contribution in [3.05, 3.63) is 29.8 Å². The van der Waals surface area contributed by atoms with Crippen molar-refractivity contribution in [1.29, 1.82) is 0 Å². The van der Waals surface area contributed by atoms with Crippen molar-refractivity contribution in [2.24, 2.45) is 0 Å². The Morgan fingerprint density at radius 2 is 2.00 bits per heavy atom. The zero-order valence-electron chi connectivity index (χ0n) is 10.1. The maximum atomic E-state index is 11.6. The minimum atomic E-state index is -0.0331. The van der Waals surface area contributed by atoms with Gasteiger partial charge >= 0.3 is 0 Å². The van der Waals surface area contributed by atoms with E-state index in [0.717, 1.165) is 17.9 Å². The van der Waals surface area contributed by atoms with Crippen molar-refractivity contribution in [2.45, 2.75) is 37.3 Å². The molecule has 0 heterocycles. The molecular weight excluding hydrogens is 218 g/mol. The third-order valence-electron chi connectivity index (χ3n) is 2.25. The van der Waals surface area contributed by atoms with Gasteiger partial charge in [-0.15, -0.1) is 11.8 Å². The molecule has 0 aliphatic heterocycles. The van der Waals surface area contributed by atoms with Gasteiger partial charge in [-0.25, -0.2) is 0 Å². The van der Waals surface area contributed by atoms with E-state index in [0.29, 0.717) is 0 Å². The molecule has 1 amide bonds. The first-order valence-electron chi connectivity index (χ1n) is 5.64. The maximum Gasteiger partial charge on any atom is 0.233 e. The Balaban J connectivity index is 2.47. The van der Waals surface area contributed by atoms with E-state index in [-0.39, 0.29) is 11.2 Å². The molecule has 0 saturated carbocycles. The van der Waals surface area contributed by atoms with Gasteiger partial charge in [0, 0.05) is 11.4 Å². The molecule has 0 bridgehead atoms. The van der Waals surface area contributed by atoms with Gasteiger partial charge in [-0.05, 0) is 32.4 Å². The average Bonchev–Trinajstić information content (AvgIpc) is 2.29. The second-order valence-corrected chi connectivity index (χ2v) is 5.28. The van der Waals surface area contributed by atoms with Crippen LogP contribution in [0, 0.1) is 6.92 Å². The Kier molecular flexibility index (Phi) is 5.39. The summed E-state index contributed by atoms with van der Waals surface area (Å²) in [5, 5.41) is 2.87. The van der Waals surface area contributed by atoms with Crippen LogP contribution in [0.1, 0.15) is 25.8 Å². The highest BCUT2D eigenvalue weighted by molar-refractivity contribution is 8.00. The van der Waals surface area contributed by atoms with E-state index in [4.69, 9.17) is 0 Å². The van der Waals surface area contributed by atoms with Crippen LogP contribution in [-0.2, 0) is 4.79 Å². The standard InChI is InChI=1S/C13H19NOS/c1-4-9-14-13(15)11(3)16-12-7-5-10(2)6-8-12/h5-8,11H,4,9H2,1-3H3,(H,14,15). The summed E-state index contributed by atoms with van der Waals surface area (Å²) >= 11 is 1.60. The molecule has 88 valence electrons. The molecule has 1 unspecified atom stereocenters. The SMILES string of the molecule is CCCNC(=O)C(C)Sc1ccc(C)cc1. The topological polar surface area (TPSA) is 29.1 Å². The Labute approximate surface area is 102 Å². The maximum absolute atomic E-state index is 11.6. The summed E-state index contributed by atoms with van der Waals surface area (Å²) < 4.78 is 0. The zero-order chi connectivity index (χ0) is 12.0. The average molecular weight is 237 g/mol. The minimum Gasteiger partial charge on any atom is -0.355 e. The number of nitrogens with one attached hydrogen (secondary N) is 1. The Morgan fingerprint density at radius 3 is 2.56 bits per heavy atom. The van der Waals surface area contributed by atoms with Crippen LogP contribution in [0.5, 0.6) is 0 Å². The molecule has 0 spiro atoms. The largest absolute Gasteiger partial charge is 0.355 e. The molecule has 1 rings (SSSR count). The van der Waals surface area contributed by atoms with Gasteiger partial charge in [-0.2, -0.15) is 0 Å². The van der Waals surface area contributed by atoms with E-state index in [1.807, 2.05) is 6.92 Å². The van der Waals surface area contributed by atoms with E-state index in [1.165, 1.54) is 5.56 Å². The Morgan fingerprint density at radius 1 is 1.38 bits per heavy atom. The van der Waals surface area contributed by atoms with Crippen molar-refractivity contribution in [3.8, 4) is 0 Å². The van der Waals surface area contributed by atoms with Crippen molar-refractivity contribution >= 4 is 17.7 Å². The van der Waals surface area contributed by atoms with Crippen LogP contribution >= 0.6 is 11.8 Å². The van der Waals surface area contributed by atoms with Crippen LogP contribution in [0.4, 0.5) is 0 Å². The fraction of sp³-hybridized carbons (Fsp3) is 0.462. The summed E-state index contributed by atoms with van der Waals surface area (Å²) in [4.78, 5) is 12.8. The lowest BCUT2D eigenvalue weighted by Crippen LogP contribution is -2.31. The highest BCUT2D eigenvalue weighted by atomic mass is 32.2. The molecule has 0 fully saturated rings. The number of benzene rings is 1. The second kappa shape index (κ2) is 6.59. The number of amides is 1. The molecule has 0 saturated heterocycles. The Hall–Kier alpha value is -0.960. The van der Waals surface area contributed by atoms with E-state index in [1.54, 1.807) is 11.8 Å². The molecule has 16 heavy (non-hydrogen) atoms. The molecule has 0 aliphatic carbocycles. The molecule has 1 atom stereocenters. The van der Waals surface area contributed by atoms with E-state index < -0.39 is 0 Å². The van der Waals surface area contributed by atoms with Gasteiger partial charge in [0.2, 0.25) is 5.91 Å². The first-order valence-corrected chi connectivity index (χ1v) is 6.52. The fourth-order valence-electron chi connectivity index (χ4n) is 1.27. The lowest BCUT2D eigenvalue weighted by Gasteiger charge is -2.11. The number of carbonyl (C=O) groups is 1. The predicted octanol–water partition coefficient (Wildman–Crippen LogP) is 3.00. The first kappa shape index (κ1) is 13.1. The van der Waals surface area contributed by atoms with Gasteiger partial charge in [0.25, 0.3) is 0 Å². The highest BCUT2D eigenvalue weighted by Crippen LogP contribution is 2.23. The number of hydrogen-bond acceptors (Lipinski definition) is 2. The summed E-state index contributed by atoms with van der Waals surface area (Å²) in [5.41, 5.74) is 1.24. The van der Waals surface area contributed by atoms with Gasteiger partial charge in [0.05, 0.1) is 5.25 Å². The summed E-state index contributed by atoms with van der Waals surface area (Å²) in [5.74, 6) is 0.118. The fourth-order valence-corrected chi connectivity index (χ4v) is 2.16. The first-order chi connectivity index (χ1) is 7.63. The lowest BCUT2D eigenvalue weighted by atomic mass is 10.2. The van der Waals surface area contributed by atoms with Crippen molar-refractivity contribution < 1.29 is 4.79 Å². The third-order valence-corrected chi connectivity index (χ3v) is 3.36. The number of carbonyl (C=O) groups excluding carboxylic acids is 1.